The van der Waals surface area contributed by atoms with E-state index in [1.54, 1.807) is 23.2 Å². The molecule has 0 aromatic carbocycles. The average Bonchev–Trinajstić information content (AvgIpc) is 3.20. The Morgan fingerprint density at radius 2 is 2.18 bits per heavy atom. The number of pyridine rings is 1. The fraction of sp³-hybridized carbons (Fsp3) is 0.480. The molecule has 1 aliphatic rings. The van der Waals surface area contributed by atoms with E-state index in [1.165, 1.54) is 5.57 Å². The highest BCUT2D eigenvalue weighted by atomic mass is 35.5. The van der Waals surface area contributed by atoms with Crippen LogP contribution in [0.25, 0.3) is 0 Å². The van der Waals surface area contributed by atoms with Crippen LogP contribution >= 0.6 is 11.6 Å². The summed E-state index contributed by atoms with van der Waals surface area (Å²) >= 11 is 5.82. The van der Waals surface area contributed by atoms with Gasteiger partial charge in [-0.3, -0.25) is 9.89 Å². The minimum Gasteiger partial charge on any atom is -0.387 e. The first-order valence-corrected chi connectivity index (χ1v) is 11.8. The lowest BCUT2D eigenvalue weighted by molar-refractivity contribution is -0.127. The monoisotopic (exact) mass is 471 g/mol. The first kappa shape index (κ1) is 25.1. The normalized spacial score (nSPS) is 17.8. The number of aliphatic hydroxyl groups is 1. The maximum atomic E-state index is 13.0. The lowest BCUT2D eigenvalue weighted by Crippen LogP contribution is -2.34. The first-order valence-electron chi connectivity index (χ1n) is 11.5. The Hall–Kier alpha value is -2.48. The first-order chi connectivity index (χ1) is 15.8. The second kappa shape index (κ2) is 11.6. The predicted octanol–water partition coefficient (Wildman–Crippen LogP) is 4.11. The number of hydrogen-bond donors (Lipinski definition) is 3. The maximum Gasteiger partial charge on any atom is 0.250 e. The van der Waals surface area contributed by atoms with Crippen molar-refractivity contribution in [2.75, 3.05) is 13.6 Å². The molecule has 0 spiro atoms. The molecule has 7 nitrogen and oxygen atoms in total. The number of halogens is 1. The SMILES string of the molecule is CC[C@@H](CC1=CC=C(C(=O)N(C)Cc2cc(C)[nH]n2)C(C)C1)NC[C@H](O)c1ccc(Cl)nc1. The van der Waals surface area contributed by atoms with Gasteiger partial charge in [0, 0.05) is 42.7 Å². The van der Waals surface area contributed by atoms with Gasteiger partial charge in [-0.05, 0) is 44.2 Å². The summed E-state index contributed by atoms with van der Waals surface area (Å²) in [6, 6.07) is 5.68. The summed E-state index contributed by atoms with van der Waals surface area (Å²) in [6.07, 6.45) is 7.71. The number of carbonyl (C=O) groups is 1. The Morgan fingerprint density at radius 3 is 2.79 bits per heavy atom. The van der Waals surface area contributed by atoms with Crippen LogP contribution in [0.2, 0.25) is 5.15 Å². The molecule has 0 saturated heterocycles. The predicted molar refractivity (Wildman–Crippen MR) is 131 cm³/mol. The molecule has 0 saturated carbocycles. The van der Waals surface area contributed by atoms with Gasteiger partial charge in [-0.1, -0.05) is 49.2 Å². The van der Waals surface area contributed by atoms with Gasteiger partial charge in [0.2, 0.25) is 5.91 Å². The van der Waals surface area contributed by atoms with Crippen molar-refractivity contribution in [2.45, 2.75) is 58.7 Å². The largest absolute Gasteiger partial charge is 0.387 e. The van der Waals surface area contributed by atoms with Gasteiger partial charge in [-0.15, -0.1) is 0 Å². The molecule has 0 aliphatic heterocycles. The smallest absolute Gasteiger partial charge is 0.250 e. The molecule has 178 valence electrons. The molecule has 3 atom stereocenters. The average molecular weight is 472 g/mol. The second-order valence-electron chi connectivity index (χ2n) is 8.90. The Balaban J connectivity index is 1.55. The third kappa shape index (κ3) is 7.00. The third-order valence-electron chi connectivity index (χ3n) is 6.09. The molecular formula is C25H34ClN5O2. The van der Waals surface area contributed by atoms with E-state index in [1.807, 2.05) is 26.1 Å². The number of aryl methyl sites for hydroxylation is 1. The number of nitrogens with zero attached hydrogens (tertiary/aromatic N) is 3. The molecule has 1 aliphatic carbocycles. The van der Waals surface area contributed by atoms with Gasteiger partial charge in [0.25, 0.3) is 0 Å². The summed E-state index contributed by atoms with van der Waals surface area (Å²) in [6.45, 7) is 7.12. The van der Waals surface area contributed by atoms with Crippen LogP contribution in [-0.2, 0) is 11.3 Å². The number of carbonyl (C=O) groups excluding carboxylic acids is 1. The van der Waals surface area contributed by atoms with E-state index >= 15 is 0 Å². The van der Waals surface area contributed by atoms with Crippen LogP contribution in [0, 0.1) is 12.8 Å². The van der Waals surface area contributed by atoms with Gasteiger partial charge in [-0.25, -0.2) is 4.98 Å². The number of aromatic amines is 1. The zero-order valence-electron chi connectivity index (χ0n) is 19.8. The van der Waals surface area contributed by atoms with E-state index in [-0.39, 0.29) is 17.9 Å². The lowest BCUT2D eigenvalue weighted by atomic mass is 9.85. The Morgan fingerprint density at radius 1 is 1.39 bits per heavy atom. The van der Waals surface area contributed by atoms with Gasteiger partial charge >= 0.3 is 0 Å². The summed E-state index contributed by atoms with van der Waals surface area (Å²) in [5.41, 5.74) is 4.73. The third-order valence-corrected chi connectivity index (χ3v) is 6.31. The van der Waals surface area contributed by atoms with Gasteiger partial charge < -0.3 is 15.3 Å². The molecule has 2 aromatic heterocycles. The van der Waals surface area contributed by atoms with Crippen molar-refractivity contribution in [1.29, 1.82) is 0 Å². The van der Waals surface area contributed by atoms with Crippen molar-refractivity contribution in [1.82, 2.24) is 25.4 Å². The zero-order valence-corrected chi connectivity index (χ0v) is 20.6. The number of allylic oxidation sites excluding steroid dienone is 2. The molecule has 3 N–H and O–H groups in total. The molecule has 0 bridgehead atoms. The molecule has 3 rings (SSSR count). The number of likely N-dealkylation sites (N-methyl/N-ethyl adjacent to an activating group) is 1. The molecule has 2 aromatic rings. The van der Waals surface area contributed by atoms with Crippen LogP contribution in [-0.4, -0.2) is 50.7 Å². The highest BCUT2D eigenvalue weighted by Gasteiger charge is 2.25. The number of H-pyrrole nitrogens is 1. The second-order valence-corrected chi connectivity index (χ2v) is 9.29. The van der Waals surface area contributed by atoms with Gasteiger partial charge in [0.05, 0.1) is 18.3 Å². The van der Waals surface area contributed by atoms with Crippen molar-refractivity contribution in [2.24, 2.45) is 5.92 Å². The summed E-state index contributed by atoms with van der Waals surface area (Å²) in [5.74, 6) is 0.201. The zero-order chi connectivity index (χ0) is 24.0. The fourth-order valence-corrected chi connectivity index (χ4v) is 4.24. The molecule has 33 heavy (non-hydrogen) atoms. The van der Waals surface area contributed by atoms with E-state index in [0.717, 1.165) is 41.8 Å². The molecular weight excluding hydrogens is 438 g/mol. The minimum atomic E-state index is -0.638. The number of hydrogen-bond acceptors (Lipinski definition) is 5. The fourth-order valence-electron chi connectivity index (χ4n) is 4.13. The summed E-state index contributed by atoms with van der Waals surface area (Å²) in [5, 5.41) is 21.5. The quantitative estimate of drug-likeness (QED) is 0.453. The topological polar surface area (TPSA) is 94.1 Å². The molecule has 1 unspecified atom stereocenters. The molecule has 1 amide bonds. The van der Waals surface area contributed by atoms with Crippen molar-refractivity contribution in [3.63, 3.8) is 0 Å². The molecule has 2 heterocycles. The standard InChI is InChI=1S/C25H34ClN5O2/c1-5-20(27-14-23(32)19-7-9-24(26)28-13-19)12-18-6-8-22(16(2)10-18)25(33)31(4)15-21-11-17(3)29-30-21/h6-9,11,13,16,20,23,27,32H,5,10,12,14-15H2,1-4H3,(H,29,30)/t16?,20-,23-/m0/s1. The summed E-state index contributed by atoms with van der Waals surface area (Å²) < 4.78 is 0. The molecule has 8 heteroatoms. The minimum absolute atomic E-state index is 0.0447. The lowest BCUT2D eigenvalue weighted by Gasteiger charge is -2.27. The highest BCUT2D eigenvalue weighted by molar-refractivity contribution is 6.29. The molecule has 0 radical (unpaired) electrons. The highest BCUT2D eigenvalue weighted by Crippen LogP contribution is 2.29. The van der Waals surface area contributed by atoms with Crippen molar-refractivity contribution < 1.29 is 9.90 Å². The van der Waals surface area contributed by atoms with Crippen LogP contribution in [0.15, 0.2) is 47.7 Å². The number of nitrogens with one attached hydrogen (secondary N) is 2. The van der Waals surface area contributed by atoms with Gasteiger partial charge in [-0.2, -0.15) is 5.10 Å². The summed E-state index contributed by atoms with van der Waals surface area (Å²) in [4.78, 5) is 18.7. The van der Waals surface area contributed by atoms with E-state index in [9.17, 15) is 9.90 Å². The Bertz CT molecular complexity index is 998. The van der Waals surface area contributed by atoms with Crippen LogP contribution in [0.3, 0.4) is 0 Å². The van der Waals surface area contributed by atoms with Crippen LogP contribution < -0.4 is 5.32 Å². The van der Waals surface area contributed by atoms with Crippen molar-refractivity contribution in [3.8, 4) is 0 Å². The van der Waals surface area contributed by atoms with E-state index in [0.29, 0.717) is 18.2 Å². The van der Waals surface area contributed by atoms with E-state index < -0.39 is 6.10 Å². The van der Waals surface area contributed by atoms with Crippen LogP contribution in [0.5, 0.6) is 0 Å². The van der Waals surface area contributed by atoms with Crippen molar-refractivity contribution >= 4 is 17.5 Å². The van der Waals surface area contributed by atoms with E-state index in [2.05, 4.69) is 40.4 Å². The maximum absolute atomic E-state index is 13.0. The van der Waals surface area contributed by atoms with E-state index in [4.69, 9.17) is 11.6 Å². The van der Waals surface area contributed by atoms with Crippen LogP contribution in [0.4, 0.5) is 0 Å². The number of aromatic nitrogens is 3. The molecule has 0 fully saturated rings. The number of amides is 1. The number of rotatable bonds is 10. The Kier molecular flexibility index (Phi) is 8.83. The van der Waals surface area contributed by atoms with Gasteiger partial charge in [0.15, 0.2) is 0 Å². The number of aliphatic hydroxyl groups excluding tert-OH is 1. The van der Waals surface area contributed by atoms with Crippen LogP contribution in [0.1, 0.15) is 56.2 Å². The summed E-state index contributed by atoms with van der Waals surface area (Å²) in [7, 11) is 1.82. The Labute approximate surface area is 200 Å². The van der Waals surface area contributed by atoms with Crippen molar-refractivity contribution in [3.05, 3.63) is 69.8 Å². The van der Waals surface area contributed by atoms with Gasteiger partial charge in [0.1, 0.15) is 5.15 Å².